The Bertz CT molecular complexity index is 1690. The van der Waals surface area contributed by atoms with Gasteiger partial charge in [0.15, 0.2) is 11.6 Å². The van der Waals surface area contributed by atoms with Gasteiger partial charge in [-0.05, 0) is 105 Å². The van der Waals surface area contributed by atoms with Gasteiger partial charge in [-0.1, -0.05) is 42.2 Å². The van der Waals surface area contributed by atoms with Gasteiger partial charge in [-0.15, -0.1) is 0 Å². The maximum atomic E-state index is 14.0. The molecule has 254 valence electrons. The SMILES string of the molecule is CN(C)CCCc1ccc(-c2ccc(F)c(F)c2)cc1/C=C1\SC(=S)N(CCCOc2ccc(C(=O)O)cc2CN2CCOCC2)C1=O. The number of benzene rings is 3. The van der Waals surface area contributed by atoms with Crippen LogP contribution in [-0.2, 0) is 22.5 Å². The highest BCUT2D eigenvalue weighted by Crippen LogP contribution is 2.35. The molecule has 2 heterocycles. The van der Waals surface area contributed by atoms with E-state index < -0.39 is 17.6 Å². The number of carbonyl (C=O) groups excluding carboxylic acids is 1. The number of hydrogen-bond donors (Lipinski definition) is 1. The second-order valence-corrected chi connectivity index (χ2v) is 13.7. The van der Waals surface area contributed by atoms with Crippen LogP contribution in [0.15, 0.2) is 59.5 Å². The minimum atomic E-state index is -0.996. The molecule has 0 atom stereocenters. The first kappa shape index (κ1) is 35.6. The van der Waals surface area contributed by atoms with Crippen molar-refractivity contribution in [3.8, 4) is 16.9 Å². The maximum Gasteiger partial charge on any atom is 0.335 e. The minimum absolute atomic E-state index is 0.193. The van der Waals surface area contributed by atoms with Crippen molar-refractivity contribution in [1.29, 1.82) is 0 Å². The van der Waals surface area contributed by atoms with Gasteiger partial charge >= 0.3 is 5.97 Å². The summed E-state index contributed by atoms with van der Waals surface area (Å²) in [6.45, 7) is 4.88. The highest BCUT2D eigenvalue weighted by atomic mass is 32.2. The number of morpholine rings is 1. The van der Waals surface area contributed by atoms with Crippen LogP contribution < -0.4 is 4.74 Å². The van der Waals surface area contributed by atoms with Gasteiger partial charge in [-0.2, -0.15) is 0 Å². The number of ether oxygens (including phenoxy) is 2. The molecule has 0 aliphatic carbocycles. The topological polar surface area (TPSA) is 82.6 Å². The fourth-order valence-electron chi connectivity index (χ4n) is 5.61. The number of amides is 1. The third kappa shape index (κ3) is 9.26. The number of aromatic carboxylic acids is 1. The van der Waals surface area contributed by atoms with E-state index in [-0.39, 0.29) is 11.5 Å². The molecule has 0 unspecified atom stereocenters. The molecule has 1 N–H and O–H groups in total. The van der Waals surface area contributed by atoms with Crippen molar-refractivity contribution in [1.82, 2.24) is 14.7 Å². The van der Waals surface area contributed by atoms with Crippen molar-refractivity contribution in [2.75, 3.05) is 60.1 Å². The Hall–Kier alpha value is -3.68. The third-order valence-electron chi connectivity index (χ3n) is 8.20. The first-order valence-electron chi connectivity index (χ1n) is 15.9. The second-order valence-electron chi connectivity index (χ2n) is 12.0. The molecule has 3 aromatic carbocycles. The van der Waals surface area contributed by atoms with Crippen molar-refractivity contribution in [2.24, 2.45) is 0 Å². The number of nitrogens with zero attached hydrogens (tertiary/aromatic N) is 3. The first-order valence-corrected chi connectivity index (χ1v) is 17.1. The largest absolute Gasteiger partial charge is 0.493 e. The number of carbonyl (C=O) groups is 2. The molecule has 0 radical (unpaired) electrons. The Labute approximate surface area is 289 Å². The predicted molar refractivity (Wildman–Crippen MR) is 188 cm³/mol. The van der Waals surface area contributed by atoms with Gasteiger partial charge in [0.2, 0.25) is 0 Å². The highest BCUT2D eigenvalue weighted by Gasteiger charge is 2.32. The summed E-state index contributed by atoms with van der Waals surface area (Å²) in [5.74, 6) is -2.40. The van der Waals surface area contributed by atoms with Crippen molar-refractivity contribution >= 4 is 46.3 Å². The normalized spacial score (nSPS) is 16.4. The monoisotopic (exact) mass is 695 g/mol. The van der Waals surface area contributed by atoms with Gasteiger partial charge in [-0.3, -0.25) is 14.6 Å². The van der Waals surface area contributed by atoms with E-state index in [1.165, 1.54) is 30.0 Å². The zero-order valence-electron chi connectivity index (χ0n) is 27.0. The molecule has 2 aliphatic heterocycles. The van der Waals surface area contributed by atoms with E-state index >= 15 is 0 Å². The van der Waals surface area contributed by atoms with E-state index in [9.17, 15) is 23.5 Å². The molecular formula is C36H39F2N3O5S2. The summed E-state index contributed by atoms with van der Waals surface area (Å²) in [4.78, 5) is 31.5. The lowest BCUT2D eigenvalue weighted by molar-refractivity contribution is -0.122. The number of aryl methyl sites for hydroxylation is 1. The smallest absolute Gasteiger partial charge is 0.335 e. The van der Waals surface area contributed by atoms with Crippen LogP contribution in [-0.4, -0.2) is 96.1 Å². The van der Waals surface area contributed by atoms with Crippen LogP contribution in [0.3, 0.4) is 0 Å². The van der Waals surface area contributed by atoms with E-state index in [1.807, 2.05) is 38.4 Å². The molecule has 8 nitrogen and oxygen atoms in total. The minimum Gasteiger partial charge on any atom is -0.493 e. The molecule has 12 heteroatoms. The van der Waals surface area contributed by atoms with E-state index in [2.05, 4.69) is 9.80 Å². The number of hydrogen-bond acceptors (Lipinski definition) is 8. The lowest BCUT2D eigenvalue weighted by atomic mass is 9.96. The average molecular weight is 696 g/mol. The Kier molecular flexibility index (Phi) is 12.3. The lowest BCUT2D eigenvalue weighted by Crippen LogP contribution is -2.35. The van der Waals surface area contributed by atoms with Crippen LogP contribution in [0.5, 0.6) is 5.75 Å². The van der Waals surface area contributed by atoms with Gasteiger partial charge in [0, 0.05) is 31.7 Å². The molecule has 0 bridgehead atoms. The Balaban J connectivity index is 1.27. The molecule has 0 saturated carbocycles. The Morgan fingerprint density at radius 1 is 1.02 bits per heavy atom. The van der Waals surface area contributed by atoms with Crippen molar-refractivity contribution in [3.05, 3.63) is 93.4 Å². The predicted octanol–water partition coefficient (Wildman–Crippen LogP) is 6.33. The van der Waals surface area contributed by atoms with E-state index in [1.54, 1.807) is 17.0 Å². The average Bonchev–Trinajstić information content (AvgIpc) is 3.33. The van der Waals surface area contributed by atoms with Crippen LogP contribution in [0, 0.1) is 11.6 Å². The molecule has 5 rings (SSSR count). The van der Waals surface area contributed by atoms with Crippen LogP contribution in [0.1, 0.15) is 39.9 Å². The van der Waals surface area contributed by atoms with Crippen LogP contribution in [0.4, 0.5) is 8.78 Å². The first-order chi connectivity index (χ1) is 23.1. The van der Waals surface area contributed by atoms with Gasteiger partial charge in [0.05, 0.1) is 30.3 Å². The van der Waals surface area contributed by atoms with Gasteiger partial charge in [0.25, 0.3) is 5.91 Å². The van der Waals surface area contributed by atoms with Gasteiger partial charge < -0.3 is 19.5 Å². The summed E-state index contributed by atoms with van der Waals surface area (Å²) in [6.07, 6.45) is 4.04. The van der Waals surface area contributed by atoms with Gasteiger partial charge in [0.1, 0.15) is 10.1 Å². The molecule has 0 aromatic heterocycles. The van der Waals surface area contributed by atoms with E-state index in [0.29, 0.717) is 65.4 Å². The molecule has 2 fully saturated rings. The van der Waals surface area contributed by atoms with E-state index in [4.69, 9.17) is 21.7 Å². The molecular weight excluding hydrogens is 657 g/mol. The molecule has 2 aliphatic rings. The standard InChI is InChI=1S/C36H39F2N3O5S2/c1-39(2)12-3-5-24-6-7-25(26-8-10-30(37)31(38)21-26)19-28(24)22-33-34(42)41(36(47)48-33)13-4-16-46-32-11-9-27(35(43)44)20-29(32)23-40-14-17-45-18-15-40/h6-11,19-22H,3-5,12-18,23H2,1-2H3,(H,43,44)/b33-22-. The quantitative estimate of drug-likeness (QED) is 0.118. The van der Waals surface area contributed by atoms with Crippen molar-refractivity contribution in [2.45, 2.75) is 25.8 Å². The number of thioether (sulfide) groups is 1. The van der Waals surface area contributed by atoms with Crippen LogP contribution >= 0.6 is 24.0 Å². The second kappa shape index (κ2) is 16.6. The lowest BCUT2D eigenvalue weighted by Gasteiger charge is -2.27. The number of thiocarbonyl (C=S) groups is 1. The molecule has 3 aromatic rings. The fraction of sp³-hybridized carbons (Fsp3) is 0.361. The molecule has 0 spiro atoms. The summed E-state index contributed by atoms with van der Waals surface area (Å²) < 4.78 is 39.6. The van der Waals surface area contributed by atoms with Crippen LogP contribution in [0.25, 0.3) is 17.2 Å². The summed E-state index contributed by atoms with van der Waals surface area (Å²) in [5, 5.41) is 9.51. The summed E-state index contributed by atoms with van der Waals surface area (Å²) in [6, 6.07) is 14.5. The summed E-state index contributed by atoms with van der Waals surface area (Å²) in [5.41, 5.74) is 4.12. The third-order valence-corrected chi connectivity index (χ3v) is 9.58. The van der Waals surface area contributed by atoms with Crippen molar-refractivity contribution in [3.63, 3.8) is 0 Å². The number of halogens is 2. The van der Waals surface area contributed by atoms with Crippen LogP contribution in [0.2, 0.25) is 0 Å². The van der Waals surface area contributed by atoms with Crippen molar-refractivity contribution < 1.29 is 33.0 Å². The fourth-order valence-corrected chi connectivity index (χ4v) is 6.91. The number of carboxylic acid groups (broad SMARTS) is 1. The highest BCUT2D eigenvalue weighted by molar-refractivity contribution is 8.26. The van der Waals surface area contributed by atoms with E-state index in [0.717, 1.165) is 55.2 Å². The molecule has 1 amide bonds. The maximum absolute atomic E-state index is 14.0. The number of rotatable bonds is 14. The zero-order valence-corrected chi connectivity index (χ0v) is 28.7. The summed E-state index contributed by atoms with van der Waals surface area (Å²) in [7, 11) is 4.03. The number of carboxylic acids is 1. The Morgan fingerprint density at radius 3 is 2.50 bits per heavy atom. The summed E-state index contributed by atoms with van der Waals surface area (Å²) >= 11 is 6.84. The Morgan fingerprint density at radius 2 is 1.77 bits per heavy atom. The molecule has 48 heavy (non-hydrogen) atoms. The molecule has 2 saturated heterocycles. The van der Waals surface area contributed by atoms with Gasteiger partial charge in [-0.25, -0.2) is 13.6 Å². The zero-order chi connectivity index (χ0) is 34.2.